The smallest absolute Gasteiger partial charge is 0.277 e. The molecule has 0 saturated heterocycles. The molecule has 3 aromatic rings. The van der Waals surface area contributed by atoms with Crippen LogP contribution in [0.3, 0.4) is 0 Å². The number of nitrogens with one attached hydrogen (secondary N) is 2. The molecular formula is C18H17N5O2. The van der Waals surface area contributed by atoms with E-state index in [0.29, 0.717) is 17.2 Å². The summed E-state index contributed by atoms with van der Waals surface area (Å²) in [6.07, 6.45) is 0. The fraction of sp³-hybridized carbons (Fsp3) is 0.111. The largest absolute Gasteiger partial charge is 0.307 e. The summed E-state index contributed by atoms with van der Waals surface area (Å²) in [5.41, 5.74) is 1.52. The Hall–Kier alpha value is -3.48. The number of aryl methyl sites for hydroxylation is 2. The van der Waals surface area contributed by atoms with E-state index in [2.05, 4.69) is 20.7 Å². The van der Waals surface area contributed by atoms with Crippen LogP contribution < -0.4 is 10.6 Å². The zero-order chi connectivity index (χ0) is 17.8. The van der Waals surface area contributed by atoms with Crippen molar-refractivity contribution in [3.63, 3.8) is 0 Å². The molecule has 1 aromatic carbocycles. The van der Waals surface area contributed by atoms with Crippen LogP contribution in [-0.2, 0) is 7.05 Å². The summed E-state index contributed by atoms with van der Waals surface area (Å²) in [5, 5.41) is 9.56. The van der Waals surface area contributed by atoms with Gasteiger partial charge >= 0.3 is 0 Å². The molecule has 2 amide bonds. The lowest BCUT2D eigenvalue weighted by Gasteiger charge is -2.04. The quantitative estimate of drug-likeness (QED) is 0.767. The van der Waals surface area contributed by atoms with Gasteiger partial charge in [0, 0.05) is 24.4 Å². The lowest BCUT2D eigenvalue weighted by molar-refractivity contribution is 0.101. The minimum absolute atomic E-state index is 0.189. The van der Waals surface area contributed by atoms with Gasteiger partial charge in [-0.25, -0.2) is 4.98 Å². The molecule has 0 unspecified atom stereocenters. The predicted molar refractivity (Wildman–Crippen MR) is 94.5 cm³/mol. The first-order valence-electron chi connectivity index (χ1n) is 7.68. The van der Waals surface area contributed by atoms with Gasteiger partial charge in [0.1, 0.15) is 11.6 Å². The monoisotopic (exact) mass is 335 g/mol. The molecule has 2 heterocycles. The van der Waals surface area contributed by atoms with Crippen molar-refractivity contribution in [2.45, 2.75) is 6.92 Å². The summed E-state index contributed by atoms with van der Waals surface area (Å²) in [4.78, 5) is 28.7. The molecule has 25 heavy (non-hydrogen) atoms. The molecule has 0 aliphatic heterocycles. The number of benzene rings is 1. The highest BCUT2D eigenvalue weighted by atomic mass is 16.2. The molecule has 2 N–H and O–H groups in total. The molecule has 0 aliphatic rings. The van der Waals surface area contributed by atoms with E-state index in [0.717, 1.165) is 5.69 Å². The minimum atomic E-state index is -0.395. The number of pyridine rings is 1. The van der Waals surface area contributed by atoms with E-state index in [4.69, 9.17) is 0 Å². The first-order chi connectivity index (χ1) is 12.0. The van der Waals surface area contributed by atoms with E-state index < -0.39 is 5.91 Å². The highest BCUT2D eigenvalue weighted by molar-refractivity contribution is 6.06. The Morgan fingerprint density at radius 3 is 2.44 bits per heavy atom. The first kappa shape index (κ1) is 16.4. The van der Waals surface area contributed by atoms with Gasteiger partial charge in [0.15, 0.2) is 5.69 Å². The summed E-state index contributed by atoms with van der Waals surface area (Å²) < 4.78 is 1.44. The number of amides is 2. The Bertz CT molecular complexity index is 918. The maximum Gasteiger partial charge on any atom is 0.277 e. The van der Waals surface area contributed by atoms with E-state index in [9.17, 15) is 9.59 Å². The zero-order valence-corrected chi connectivity index (χ0v) is 13.9. The van der Waals surface area contributed by atoms with E-state index in [1.807, 2.05) is 25.1 Å². The Morgan fingerprint density at radius 2 is 1.72 bits per heavy atom. The van der Waals surface area contributed by atoms with Crippen molar-refractivity contribution in [2.75, 3.05) is 10.6 Å². The average molecular weight is 335 g/mol. The second-order valence-electron chi connectivity index (χ2n) is 5.48. The van der Waals surface area contributed by atoms with E-state index >= 15 is 0 Å². The molecule has 3 rings (SSSR count). The van der Waals surface area contributed by atoms with Crippen LogP contribution in [0.2, 0.25) is 0 Å². The highest BCUT2D eigenvalue weighted by Gasteiger charge is 2.15. The van der Waals surface area contributed by atoms with Gasteiger partial charge in [0.2, 0.25) is 0 Å². The van der Waals surface area contributed by atoms with Crippen LogP contribution in [0.1, 0.15) is 26.5 Å². The Labute approximate surface area is 144 Å². The van der Waals surface area contributed by atoms with Crippen molar-refractivity contribution in [3.8, 4) is 0 Å². The van der Waals surface area contributed by atoms with Crippen LogP contribution in [0.25, 0.3) is 0 Å². The van der Waals surface area contributed by atoms with Crippen LogP contribution in [0, 0.1) is 6.92 Å². The maximum atomic E-state index is 12.3. The lowest BCUT2D eigenvalue weighted by Crippen LogP contribution is -2.14. The zero-order valence-electron chi connectivity index (χ0n) is 13.9. The molecule has 7 nitrogen and oxygen atoms in total. The number of aromatic nitrogens is 3. The number of hydrogen-bond acceptors (Lipinski definition) is 4. The Balaban J connectivity index is 1.73. The van der Waals surface area contributed by atoms with E-state index in [-0.39, 0.29) is 11.6 Å². The molecule has 0 spiro atoms. The van der Waals surface area contributed by atoms with Crippen LogP contribution in [0.4, 0.5) is 11.6 Å². The minimum Gasteiger partial charge on any atom is -0.307 e. The van der Waals surface area contributed by atoms with Gasteiger partial charge in [-0.05, 0) is 31.2 Å². The van der Waals surface area contributed by atoms with Crippen LogP contribution >= 0.6 is 0 Å². The van der Waals surface area contributed by atoms with Gasteiger partial charge in [0.05, 0.1) is 0 Å². The molecule has 7 heteroatoms. The number of nitrogens with zero attached hydrogens (tertiary/aromatic N) is 3. The second kappa shape index (κ2) is 6.96. The average Bonchev–Trinajstić information content (AvgIpc) is 2.96. The second-order valence-corrected chi connectivity index (χ2v) is 5.48. The van der Waals surface area contributed by atoms with Crippen molar-refractivity contribution in [3.05, 3.63) is 71.5 Å². The molecule has 0 fully saturated rings. The SMILES string of the molecule is Cc1cccc(NC(=O)c2cc(NC(=O)c3ccccc3)n(C)n2)n1. The van der Waals surface area contributed by atoms with Crippen LogP contribution in [0.5, 0.6) is 0 Å². The fourth-order valence-corrected chi connectivity index (χ4v) is 2.27. The third kappa shape index (κ3) is 3.89. The van der Waals surface area contributed by atoms with Gasteiger partial charge < -0.3 is 10.6 Å². The highest BCUT2D eigenvalue weighted by Crippen LogP contribution is 2.13. The summed E-state index contributed by atoms with van der Waals surface area (Å²) in [6.45, 7) is 1.84. The maximum absolute atomic E-state index is 12.3. The normalized spacial score (nSPS) is 10.3. The third-order valence-corrected chi connectivity index (χ3v) is 3.52. The number of anilines is 2. The summed E-state index contributed by atoms with van der Waals surface area (Å²) >= 11 is 0. The number of rotatable bonds is 4. The van der Waals surface area contributed by atoms with Gasteiger partial charge in [-0.2, -0.15) is 5.10 Å². The molecular weight excluding hydrogens is 318 g/mol. The van der Waals surface area contributed by atoms with Crippen molar-refractivity contribution in [2.24, 2.45) is 7.05 Å². The molecule has 0 atom stereocenters. The third-order valence-electron chi connectivity index (χ3n) is 3.52. The van der Waals surface area contributed by atoms with E-state index in [1.54, 1.807) is 37.4 Å². The Morgan fingerprint density at radius 1 is 0.960 bits per heavy atom. The molecule has 2 aromatic heterocycles. The Kier molecular flexibility index (Phi) is 4.56. The van der Waals surface area contributed by atoms with Crippen molar-refractivity contribution in [1.29, 1.82) is 0 Å². The summed E-state index contributed by atoms with van der Waals surface area (Å²) in [5.74, 6) is 0.214. The van der Waals surface area contributed by atoms with Gasteiger partial charge in [-0.15, -0.1) is 0 Å². The van der Waals surface area contributed by atoms with Crippen molar-refractivity contribution >= 4 is 23.5 Å². The molecule has 0 bridgehead atoms. The number of carbonyl (C=O) groups is 2. The van der Waals surface area contributed by atoms with Crippen LogP contribution in [-0.4, -0.2) is 26.6 Å². The fourth-order valence-electron chi connectivity index (χ4n) is 2.27. The first-order valence-corrected chi connectivity index (χ1v) is 7.68. The van der Waals surface area contributed by atoms with E-state index in [1.165, 1.54) is 10.7 Å². The molecule has 0 aliphatic carbocycles. The topological polar surface area (TPSA) is 88.9 Å². The van der Waals surface area contributed by atoms with Gasteiger partial charge in [-0.3, -0.25) is 14.3 Å². The standard InChI is InChI=1S/C18H17N5O2/c1-12-7-6-10-15(19-12)20-18(25)14-11-16(23(2)22-14)21-17(24)13-8-4-3-5-9-13/h3-11H,1-2H3,(H,21,24)(H,19,20,25). The molecule has 126 valence electrons. The van der Waals surface area contributed by atoms with Gasteiger partial charge in [0.25, 0.3) is 11.8 Å². The summed E-state index contributed by atoms with van der Waals surface area (Å²) in [7, 11) is 1.66. The predicted octanol–water partition coefficient (Wildman–Crippen LogP) is 2.63. The van der Waals surface area contributed by atoms with Crippen molar-refractivity contribution in [1.82, 2.24) is 14.8 Å². The lowest BCUT2D eigenvalue weighted by atomic mass is 10.2. The van der Waals surface area contributed by atoms with Gasteiger partial charge in [-0.1, -0.05) is 24.3 Å². The molecule has 0 radical (unpaired) electrons. The number of carbonyl (C=O) groups excluding carboxylic acids is 2. The van der Waals surface area contributed by atoms with Crippen LogP contribution in [0.15, 0.2) is 54.6 Å². The summed E-state index contributed by atoms with van der Waals surface area (Å²) in [6, 6.07) is 15.7. The molecule has 0 saturated carbocycles. The number of hydrogen-bond donors (Lipinski definition) is 2. The van der Waals surface area contributed by atoms with Crippen molar-refractivity contribution < 1.29 is 9.59 Å².